The highest BCUT2D eigenvalue weighted by molar-refractivity contribution is 5.91. The molecule has 1 fully saturated rings. The molecule has 2 aromatic carbocycles. The van der Waals surface area contributed by atoms with E-state index in [1.54, 1.807) is 0 Å². The van der Waals surface area contributed by atoms with Gasteiger partial charge in [-0.05, 0) is 81.1 Å². The van der Waals surface area contributed by atoms with Crippen molar-refractivity contribution < 1.29 is 0 Å². The molecule has 154 valence electrons. The lowest BCUT2D eigenvalue weighted by molar-refractivity contribution is 0.214. The number of nitrogens with zero attached hydrogens (tertiary/aromatic N) is 1. The van der Waals surface area contributed by atoms with Gasteiger partial charge in [0.1, 0.15) is 0 Å². The van der Waals surface area contributed by atoms with E-state index in [0.29, 0.717) is 5.92 Å². The fraction of sp³-hybridized carbons (Fsp3) is 0.462. The SMILES string of the molecule is CCCc1ccccc1-c1[nH]c2ccc(C3CCN(CCNC)CC3)cc2c1C. The summed E-state index contributed by atoms with van der Waals surface area (Å²) in [5.41, 5.74) is 8.27. The summed E-state index contributed by atoms with van der Waals surface area (Å²) in [6.45, 7) is 9.21. The monoisotopic (exact) mass is 389 g/mol. The van der Waals surface area contributed by atoms with Crippen LogP contribution in [0.5, 0.6) is 0 Å². The maximum atomic E-state index is 3.72. The molecule has 1 aliphatic heterocycles. The Hall–Kier alpha value is -2.10. The van der Waals surface area contributed by atoms with Crippen LogP contribution in [-0.4, -0.2) is 43.1 Å². The van der Waals surface area contributed by atoms with Crippen molar-refractivity contribution in [3.05, 3.63) is 59.2 Å². The molecule has 0 amide bonds. The quantitative estimate of drug-likeness (QED) is 0.559. The van der Waals surface area contributed by atoms with Crippen molar-refractivity contribution in [1.29, 1.82) is 0 Å². The minimum absolute atomic E-state index is 0.690. The van der Waals surface area contributed by atoms with Gasteiger partial charge in [-0.2, -0.15) is 0 Å². The molecule has 0 atom stereocenters. The van der Waals surface area contributed by atoms with Gasteiger partial charge in [0.2, 0.25) is 0 Å². The summed E-state index contributed by atoms with van der Waals surface area (Å²) in [5, 5.41) is 4.66. The van der Waals surface area contributed by atoms with E-state index in [2.05, 4.69) is 71.5 Å². The number of aryl methyl sites for hydroxylation is 2. The Labute approximate surface area is 175 Å². The van der Waals surface area contributed by atoms with Crippen molar-refractivity contribution in [1.82, 2.24) is 15.2 Å². The van der Waals surface area contributed by atoms with Gasteiger partial charge >= 0.3 is 0 Å². The van der Waals surface area contributed by atoms with Gasteiger partial charge in [-0.3, -0.25) is 0 Å². The lowest BCUT2D eigenvalue weighted by Crippen LogP contribution is -2.37. The Bertz CT molecular complexity index is 948. The molecular weight excluding hydrogens is 354 g/mol. The second kappa shape index (κ2) is 9.15. The second-order valence-corrected chi connectivity index (χ2v) is 8.56. The van der Waals surface area contributed by atoms with Crippen LogP contribution in [0.1, 0.15) is 48.8 Å². The van der Waals surface area contributed by atoms with Crippen LogP contribution in [0.25, 0.3) is 22.2 Å². The molecule has 3 heteroatoms. The fourth-order valence-electron chi connectivity index (χ4n) is 4.88. The average molecular weight is 390 g/mol. The number of rotatable bonds is 7. The molecule has 0 unspecified atom stereocenters. The zero-order valence-corrected chi connectivity index (χ0v) is 18.2. The number of hydrogen-bond donors (Lipinski definition) is 2. The molecule has 29 heavy (non-hydrogen) atoms. The van der Waals surface area contributed by atoms with E-state index in [0.717, 1.165) is 13.0 Å². The smallest absolute Gasteiger partial charge is 0.0497 e. The lowest BCUT2D eigenvalue weighted by Gasteiger charge is -2.32. The number of benzene rings is 2. The van der Waals surface area contributed by atoms with Crippen LogP contribution < -0.4 is 5.32 Å². The molecule has 3 nitrogen and oxygen atoms in total. The lowest BCUT2D eigenvalue weighted by atomic mass is 9.88. The molecule has 1 saturated heterocycles. The first-order valence-corrected chi connectivity index (χ1v) is 11.3. The van der Waals surface area contributed by atoms with E-state index in [4.69, 9.17) is 0 Å². The normalized spacial score (nSPS) is 16.0. The number of aromatic nitrogens is 1. The van der Waals surface area contributed by atoms with Gasteiger partial charge in [-0.15, -0.1) is 0 Å². The molecule has 1 aliphatic rings. The van der Waals surface area contributed by atoms with Crippen LogP contribution in [0.15, 0.2) is 42.5 Å². The second-order valence-electron chi connectivity index (χ2n) is 8.56. The van der Waals surface area contributed by atoms with Gasteiger partial charge in [-0.25, -0.2) is 0 Å². The predicted molar refractivity (Wildman–Crippen MR) is 125 cm³/mol. The van der Waals surface area contributed by atoms with Gasteiger partial charge < -0.3 is 15.2 Å². The molecule has 0 bridgehead atoms. The Morgan fingerprint density at radius 3 is 2.66 bits per heavy atom. The Morgan fingerprint density at radius 1 is 1.10 bits per heavy atom. The summed E-state index contributed by atoms with van der Waals surface area (Å²) in [6.07, 6.45) is 4.84. The van der Waals surface area contributed by atoms with Crippen molar-refractivity contribution >= 4 is 10.9 Å². The van der Waals surface area contributed by atoms with E-state index in [1.807, 2.05) is 7.05 Å². The molecular formula is C26H35N3. The van der Waals surface area contributed by atoms with E-state index in [9.17, 15) is 0 Å². The summed E-state index contributed by atoms with van der Waals surface area (Å²) in [6, 6.07) is 16.0. The zero-order chi connectivity index (χ0) is 20.2. The van der Waals surface area contributed by atoms with Crippen LogP contribution in [0, 0.1) is 6.92 Å². The maximum Gasteiger partial charge on any atom is 0.0497 e. The summed E-state index contributed by atoms with van der Waals surface area (Å²) in [7, 11) is 2.04. The highest BCUT2D eigenvalue weighted by Gasteiger charge is 2.21. The fourth-order valence-corrected chi connectivity index (χ4v) is 4.88. The van der Waals surface area contributed by atoms with Gasteiger partial charge in [0.25, 0.3) is 0 Å². The molecule has 3 aromatic rings. The van der Waals surface area contributed by atoms with Crippen molar-refractivity contribution in [3.63, 3.8) is 0 Å². The molecule has 0 aliphatic carbocycles. The molecule has 1 aromatic heterocycles. The number of piperidine rings is 1. The van der Waals surface area contributed by atoms with Gasteiger partial charge in [0.15, 0.2) is 0 Å². The standard InChI is InChI=1S/C26H35N3/c1-4-7-21-8-5-6-9-23(21)26-19(2)24-18-22(10-11-25(24)28-26)20-12-15-29(16-13-20)17-14-27-3/h5-6,8-11,18,20,27-28H,4,7,12-17H2,1-3H3. The first kappa shape index (κ1) is 20.2. The number of likely N-dealkylation sites (tertiary alicyclic amines) is 1. The van der Waals surface area contributed by atoms with E-state index in [-0.39, 0.29) is 0 Å². The molecule has 2 N–H and O–H groups in total. The minimum Gasteiger partial charge on any atom is -0.354 e. The van der Waals surface area contributed by atoms with Crippen molar-refractivity contribution in [2.24, 2.45) is 0 Å². The first-order chi connectivity index (χ1) is 14.2. The summed E-state index contributed by atoms with van der Waals surface area (Å²) < 4.78 is 0. The van der Waals surface area contributed by atoms with Crippen LogP contribution in [0.2, 0.25) is 0 Å². The summed E-state index contributed by atoms with van der Waals surface area (Å²) >= 11 is 0. The van der Waals surface area contributed by atoms with Crippen LogP contribution in [0.4, 0.5) is 0 Å². The molecule has 0 radical (unpaired) electrons. The molecule has 2 heterocycles. The summed E-state index contributed by atoms with van der Waals surface area (Å²) in [5.74, 6) is 0.690. The van der Waals surface area contributed by atoms with Gasteiger partial charge in [0.05, 0.1) is 0 Å². The van der Waals surface area contributed by atoms with Crippen LogP contribution in [0.3, 0.4) is 0 Å². The summed E-state index contributed by atoms with van der Waals surface area (Å²) in [4.78, 5) is 6.32. The molecule has 0 saturated carbocycles. The van der Waals surface area contributed by atoms with Gasteiger partial charge in [0, 0.05) is 35.2 Å². The van der Waals surface area contributed by atoms with Crippen molar-refractivity contribution in [3.8, 4) is 11.3 Å². The number of likely N-dealkylation sites (N-methyl/N-ethyl adjacent to an activating group) is 1. The first-order valence-electron chi connectivity index (χ1n) is 11.3. The number of H-pyrrole nitrogens is 1. The third-order valence-electron chi connectivity index (χ3n) is 6.63. The highest BCUT2D eigenvalue weighted by Crippen LogP contribution is 2.35. The number of fused-ring (bicyclic) bond motifs is 1. The number of hydrogen-bond acceptors (Lipinski definition) is 2. The van der Waals surface area contributed by atoms with E-state index in [1.165, 1.54) is 77.7 Å². The number of aromatic amines is 1. The number of nitrogens with one attached hydrogen (secondary N) is 2. The van der Waals surface area contributed by atoms with Crippen molar-refractivity contribution in [2.45, 2.75) is 45.4 Å². The van der Waals surface area contributed by atoms with E-state index >= 15 is 0 Å². The zero-order valence-electron chi connectivity index (χ0n) is 18.2. The predicted octanol–water partition coefficient (Wildman–Crippen LogP) is 5.49. The topological polar surface area (TPSA) is 31.1 Å². The third-order valence-corrected chi connectivity index (χ3v) is 6.63. The van der Waals surface area contributed by atoms with E-state index < -0.39 is 0 Å². The highest BCUT2D eigenvalue weighted by atomic mass is 15.1. The molecule has 4 rings (SSSR count). The Kier molecular flexibility index (Phi) is 6.37. The van der Waals surface area contributed by atoms with Crippen LogP contribution in [-0.2, 0) is 6.42 Å². The third kappa shape index (κ3) is 4.26. The Balaban J connectivity index is 1.59. The minimum atomic E-state index is 0.690. The Morgan fingerprint density at radius 2 is 1.90 bits per heavy atom. The van der Waals surface area contributed by atoms with Crippen molar-refractivity contribution in [2.75, 3.05) is 33.2 Å². The molecule has 0 spiro atoms. The largest absolute Gasteiger partial charge is 0.354 e. The van der Waals surface area contributed by atoms with Gasteiger partial charge in [-0.1, -0.05) is 43.7 Å². The maximum absolute atomic E-state index is 3.72. The average Bonchev–Trinajstić information content (AvgIpc) is 3.09. The van der Waals surface area contributed by atoms with Crippen LogP contribution >= 0.6 is 0 Å².